The van der Waals surface area contributed by atoms with Crippen LogP contribution in [-0.4, -0.2) is 27.0 Å². The van der Waals surface area contributed by atoms with Gasteiger partial charge < -0.3 is 15.2 Å². The first-order chi connectivity index (χ1) is 19.2. The highest BCUT2D eigenvalue weighted by Gasteiger charge is 2.30. The molecule has 4 aromatic rings. The third-order valence-corrected chi connectivity index (χ3v) is 6.40. The molecule has 2 heterocycles. The first kappa shape index (κ1) is 29.6. The van der Waals surface area contributed by atoms with Crippen molar-refractivity contribution in [2.24, 2.45) is 0 Å². The Labute approximate surface area is 231 Å². The molecule has 0 fully saturated rings. The molecular weight excluding hydrogens is 550 g/mol. The van der Waals surface area contributed by atoms with Crippen LogP contribution in [0.15, 0.2) is 60.8 Å². The van der Waals surface area contributed by atoms with Gasteiger partial charge >= 0.3 is 6.18 Å². The molecule has 0 aliphatic heterocycles. The number of amides is 2. The molecule has 2 aromatic carbocycles. The summed E-state index contributed by atoms with van der Waals surface area (Å²) in [7, 11) is 0. The predicted octanol–water partition coefficient (Wildman–Crippen LogP) is 7.30. The van der Waals surface area contributed by atoms with E-state index in [0.29, 0.717) is 23.2 Å². The predicted molar refractivity (Wildman–Crippen MR) is 142 cm³/mol. The Kier molecular flexibility index (Phi) is 8.14. The average Bonchev–Trinajstić information content (AvgIpc) is 3.28. The number of carbonyl (C=O) groups excluding carboxylic acids is 2. The average molecular weight is 577 g/mol. The highest BCUT2D eigenvalue weighted by Crippen LogP contribution is 2.34. The molecule has 2 aromatic heterocycles. The smallest absolute Gasteiger partial charge is 0.349 e. The monoisotopic (exact) mass is 576 g/mol. The van der Waals surface area contributed by atoms with Crippen LogP contribution in [0.25, 0.3) is 22.2 Å². The number of halogens is 6. The summed E-state index contributed by atoms with van der Waals surface area (Å²) >= 11 is 0. The van der Waals surface area contributed by atoms with Gasteiger partial charge in [-0.1, -0.05) is 12.1 Å². The number of pyridine rings is 1. The lowest BCUT2D eigenvalue weighted by molar-refractivity contribution is -0.137. The summed E-state index contributed by atoms with van der Waals surface area (Å²) in [6, 6.07) is 12.6. The van der Waals surface area contributed by atoms with E-state index in [1.165, 1.54) is 12.1 Å². The number of aryl methyl sites for hydroxylation is 1. The van der Waals surface area contributed by atoms with Crippen molar-refractivity contribution in [3.05, 3.63) is 83.2 Å². The minimum Gasteiger partial charge on any atom is -0.349 e. The van der Waals surface area contributed by atoms with Crippen LogP contribution in [0.4, 0.5) is 32.0 Å². The molecule has 0 saturated heterocycles. The zero-order valence-electron chi connectivity index (χ0n) is 22.2. The minimum atomic E-state index is -4.46. The van der Waals surface area contributed by atoms with Crippen molar-refractivity contribution in [3.8, 4) is 11.3 Å². The Balaban J connectivity index is 1.61. The van der Waals surface area contributed by atoms with Gasteiger partial charge in [0.1, 0.15) is 5.69 Å². The van der Waals surface area contributed by atoms with Gasteiger partial charge in [-0.05, 0) is 74.4 Å². The minimum absolute atomic E-state index is 0.216. The third-order valence-electron chi connectivity index (χ3n) is 6.40. The molecule has 0 aliphatic rings. The molecule has 41 heavy (non-hydrogen) atoms. The van der Waals surface area contributed by atoms with E-state index in [1.54, 1.807) is 24.3 Å². The van der Waals surface area contributed by atoms with Crippen LogP contribution in [0, 0.1) is 0 Å². The number of hydrogen-bond donors (Lipinski definition) is 2. The van der Waals surface area contributed by atoms with E-state index >= 15 is 0 Å². The molecule has 4 rings (SSSR count). The summed E-state index contributed by atoms with van der Waals surface area (Å²) in [5, 5.41) is 5.57. The van der Waals surface area contributed by atoms with Gasteiger partial charge in [0, 0.05) is 41.6 Å². The molecule has 6 nitrogen and oxygen atoms in total. The highest BCUT2D eigenvalue weighted by molar-refractivity contribution is 6.06. The molecule has 2 N–H and O–H groups in total. The largest absolute Gasteiger partial charge is 0.416 e. The quantitative estimate of drug-likeness (QED) is 0.216. The Hall–Kier alpha value is -4.35. The van der Waals surface area contributed by atoms with Crippen LogP contribution < -0.4 is 10.6 Å². The van der Waals surface area contributed by atoms with E-state index in [1.807, 2.05) is 11.5 Å². The molecule has 12 heteroatoms. The summed E-state index contributed by atoms with van der Waals surface area (Å²) in [6.07, 6.45) is -6.44. The van der Waals surface area contributed by atoms with Gasteiger partial charge in [0.2, 0.25) is 0 Å². The number of nitrogens with one attached hydrogen (secondary N) is 2. The Morgan fingerprint density at radius 2 is 1.66 bits per heavy atom. The second-order valence-electron chi connectivity index (χ2n) is 9.81. The fraction of sp³-hybridized carbons (Fsp3) is 0.276. The van der Waals surface area contributed by atoms with E-state index in [-0.39, 0.29) is 17.8 Å². The number of aromatic nitrogens is 2. The number of carbonyl (C=O) groups is 2. The second-order valence-corrected chi connectivity index (χ2v) is 9.81. The summed E-state index contributed by atoms with van der Waals surface area (Å²) in [4.78, 5) is 28.6. The van der Waals surface area contributed by atoms with E-state index < -0.39 is 46.9 Å². The van der Waals surface area contributed by atoms with Crippen molar-refractivity contribution in [3.63, 3.8) is 0 Å². The van der Waals surface area contributed by atoms with Gasteiger partial charge in [-0.3, -0.25) is 14.6 Å². The normalized spacial score (nSPS) is 12.1. The molecular formula is C29H26F6N4O2. The van der Waals surface area contributed by atoms with Crippen molar-refractivity contribution < 1.29 is 35.9 Å². The molecule has 0 bridgehead atoms. The molecule has 0 saturated carbocycles. The number of benzene rings is 2. The Morgan fingerprint density at radius 3 is 2.24 bits per heavy atom. The second kappa shape index (κ2) is 11.3. The number of rotatable bonds is 8. The first-order valence-corrected chi connectivity index (χ1v) is 12.6. The first-order valence-electron chi connectivity index (χ1n) is 12.6. The molecule has 0 aliphatic carbocycles. The van der Waals surface area contributed by atoms with Crippen molar-refractivity contribution in [1.82, 2.24) is 14.9 Å². The summed E-state index contributed by atoms with van der Waals surface area (Å²) in [5.41, 5.74) is -1.61. The Morgan fingerprint density at radius 1 is 0.976 bits per heavy atom. The maximum atomic E-state index is 13.8. The van der Waals surface area contributed by atoms with Gasteiger partial charge in [-0.15, -0.1) is 0 Å². The number of nitrogens with zero attached hydrogens (tertiary/aromatic N) is 2. The molecule has 0 spiro atoms. The van der Waals surface area contributed by atoms with Crippen molar-refractivity contribution in [2.45, 2.75) is 52.1 Å². The van der Waals surface area contributed by atoms with Crippen molar-refractivity contribution in [2.75, 3.05) is 5.32 Å². The lowest BCUT2D eigenvalue weighted by atomic mass is 10.1. The zero-order chi connectivity index (χ0) is 30.1. The number of hydrogen-bond acceptors (Lipinski definition) is 3. The van der Waals surface area contributed by atoms with E-state index in [9.17, 15) is 35.9 Å². The fourth-order valence-corrected chi connectivity index (χ4v) is 4.32. The van der Waals surface area contributed by atoms with Crippen LogP contribution in [0.1, 0.15) is 54.4 Å². The number of anilines is 1. The summed E-state index contributed by atoms with van der Waals surface area (Å²) < 4.78 is 82.0. The third kappa shape index (κ3) is 6.53. The topological polar surface area (TPSA) is 76.0 Å². The maximum Gasteiger partial charge on any atom is 0.416 e. The van der Waals surface area contributed by atoms with Gasteiger partial charge in [-0.2, -0.15) is 13.2 Å². The van der Waals surface area contributed by atoms with Crippen LogP contribution >= 0.6 is 0 Å². The van der Waals surface area contributed by atoms with Gasteiger partial charge in [-0.25, -0.2) is 13.2 Å². The van der Waals surface area contributed by atoms with Crippen LogP contribution in [0.5, 0.6) is 0 Å². The van der Waals surface area contributed by atoms with Crippen LogP contribution in [0.3, 0.4) is 0 Å². The summed E-state index contributed by atoms with van der Waals surface area (Å²) in [6.45, 7) is 4.30. The van der Waals surface area contributed by atoms with Crippen molar-refractivity contribution >= 4 is 28.4 Å². The molecule has 216 valence electrons. The maximum absolute atomic E-state index is 13.8. The van der Waals surface area contributed by atoms with Crippen molar-refractivity contribution in [1.29, 1.82) is 0 Å². The van der Waals surface area contributed by atoms with Crippen LogP contribution in [-0.2, 0) is 24.1 Å². The highest BCUT2D eigenvalue weighted by atomic mass is 19.4. The molecule has 0 atom stereocenters. The summed E-state index contributed by atoms with van der Waals surface area (Å²) in [5.74, 6) is -1.78. The lowest BCUT2D eigenvalue weighted by Gasteiger charge is -2.15. The van der Waals surface area contributed by atoms with E-state index in [2.05, 4.69) is 15.6 Å². The number of alkyl halides is 6. The van der Waals surface area contributed by atoms with Crippen LogP contribution in [0.2, 0.25) is 0 Å². The lowest BCUT2D eigenvalue weighted by Crippen LogP contribution is -2.38. The van der Waals surface area contributed by atoms with E-state index in [0.717, 1.165) is 43.8 Å². The van der Waals surface area contributed by atoms with Gasteiger partial charge in [0.15, 0.2) is 5.67 Å². The zero-order valence-corrected chi connectivity index (χ0v) is 22.2. The molecule has 0 radical (unpaired) electrons. The Bertz CT molecular complexity index is 1590. The molecule has 0 unspecified atom stereocenters. The molecule has 2 amide bonds. The standard InChI is InChI=1S/C29H26F6N4O2/c1-4-39-22-10-9-20(12-18(22)13-23(39)17-5-7-19(8-6-17)29(33,34)35)38-26(40)21-11-16(14-36-24(21)25(30)31)15-37-27(41)28(2,3)32/h5-14,25H,4,15H2,1-3H3,(H,37,41)(H,38,40). The number of fused-ring (bicyclic) bond motifs is 1. The van der Waals surface area contributed by atoms with Gasteiger partial charge in [0.05, 0.1) is 11.1 Å². The fourth-order valence-electron chi connectivity index (χ4n) is 4.32. The SMILES string of the molecule is CCn1c(-c2ccc(C(F)(F)F)cc2)cc2cc(NC(=O)c3cc(CNC(=O)C(C)(C)F)cnc3C(F)F)ccc21. The van der Waals surface area contributed by atoms with E-state index in [4.69, 9.17) is 0 Å². The van der Waals surface area contributed by atoms with Gasteiger partial charge in [0.25, 0.3) is 18.2 Å².